The summed E-state index contributed by atoms with van der Waals surface area (Å²) in [6.07, 6.45) is 0. The predicted octanol–water partition coefficient (Wildman–Crippen LogP) is 1.79. The minimum absolute atomic E-state index is 0.255. The summed E-state index contributed by atoms with van der Waals surface area (Å²) in [5, 5.41) is 0. The lowest BCUT2D eigenvalue weighted by Gasteiger charge is -2.14. The van der Waals surface area contributed by atoms with Crippen LogP contribution in [0.3, 0.4) is 0 Å². The second kappa shape index (κ2) is 5.58. The van der Waals surface area contributed by atoms with Crippen LogP contribution in [0.15, 0.2) is 12.1 Å². The Morgan fingerprint density at radius 3 is 2.39 bits per heavy atom. The number of rotatable bonds is 5. The molecule has 0 aliphatic carbocycles. The molecule has 0 bridgehead atoms. The normalized spacial score (nSPS) is 11.8. The zero-order valence-electron chi connectivity index (χ0n) is 11.2. The molecular formula is C12H21N3O2S. The molecular weight excluding hydrogens is 250 g/mol. The van der Waals surface area contributed by atoms with Crippen LogP contribution in [0.4, 0.5) is 11.4 Å². The number of benzene rings is 1. The van der Waals surface area contributed by atoms with Gasteiger partial charge in [-0.25, -0.2) is 0 Å². The molecule has 0 fully saturated rings. The molecule has 102 valence electrons. The summed E-state index contributed by atoms with van der Waals surface area (Å²) in [7, 11) is -3.54. The minimum atomic E-state index is -3.54. The first-order valence-electron chi connectivity index (χ1n) is 5.85. The van der Waals surface area contributed by atoms with E-state index in [-0.39, 0.29) is 5.92 Å². The van der Waals surface area contributed by atoms with Crippen LogP contribution in [-0.2, 0) is 10.2 Å². The lowest BCUT2D eigenvalue weighted by Crippen LogP contribution is -2.33. The number of nitrogen functional groups attached to an aromatic ring is 1. The third kappa shape index (κ3) is 4.19. The van der Waals surface area contributed by atoms with E-state index in [1.165, 1.54) is 0 Å². The van der Waals surface area contributed by atoms with Crippen LogP contribution in [0, 0.1) is 19.8 Å². The second-order valence-electron chi connectivity index (χ2n) is 4.87. The summed E-state index contributed by atoms with van der Waals surface area (Å²) in [5.41, 5.74) is 8.64. The van der Waals surface area contributed by atoms with Crippen molar-refractivity contribution < 1.29 is 8.42 Å². The number of hydrogen-bond acceptors (Lipinski definition) is 3. The van der Waals surface area contributed by atoms with E-state index in [1.54, 1.807) is 6.07 Å². The number of nitrogens with one attached hydrogen (secondary N) is 2. The smallest absolute Gasteiger partial charge is 0.299 e. The molecule has 0 amide bonds. The van der Waals surface area contributed by atoms with Crippen LogP contribution in [0.5, 0.6) is 0 Å². The first-order chi connectivity index (χ1) is 8.21. The van der Waals surface area contributed by atoms with Crippen molar-refractivity contribution in [1.29, 1.82) is 0 Å². The molecule has 0 spiro atoms. The van der Waals surface area contributed by atoms with E-state index < -0.39 is 10.2 Å². The third-order valence-corrected chi connectivity index (χ3v) is 3.57. The maximum atomic E-state index is 11.8. The van der Waals surface area contributed by atoms with Gasteiger partial charge in [0.2, 0.25) is 0 Å². The second-order valence-corrected chi connectivity index (χ2v) is 6.37. The molecule has 5 nitrogen and oxygen atoms in total. The summed E-state index contributed by atoms with van der Waals surface area (Å²) in [6, 6.07) is 3.49. The standard InChI is InChI=1S/C12H21N3O2S/c1-8(2)7-14-18(16,17)15-12-6-11(13)9(3)5-10(12)4/h5-6,8,14-15H,7,13H2,1-4H3. The number of anilines is 2. The van der Waals surface area contributed by atoms with Gasteiger partial charge in [-0.3, -0.25) is 4.72 Å². The molecule has 0 saturated heterocycles. The Kier molecular flexibility index (Phi) is 4.59. The van der Waals surface area contributed by atoms with Crippen molar-refractivity contribution in [2.75, 3.05) is 17.0 Å². The predicted molar refractivity (Wildman–Crippen MR) is 75.7 cm³/mol. The van der Waals surface area contributed by atoms with E-state index in [1.807, 2.05) is 33.8 Å². The molecule has 0 unspecified atom stereocenters. The van der Waals surface area contributed by atoms with Crippen LogP contribution in [-0.4, -0.2) is 15.0 Å². The first-order valence-corrected chi connectivity index (χ1v) is 7.33. The van der Waals surface area contributed by atoms with E-state index >= 15 is 0 Å². The molecule has 0 heterocycles. The van der Waals surface area contributed by atoms with Gasteiger partial charge < -0.3 is 5.73 Å². The highest BCUT2D eigenvalue weighted by Crippen LogP contribution is 2.22. The van der Waals surface area contributed by atoms with Crippen LogP contribution >= 0.6 is 0 Å². The summed E-state index contributed by atoms with van der Waals surface area (Å²) >= 11 is 0. The Balaban J connectivity index is 2.87. The highest BCUT2D eigenvalue weighted by molar-refractivity contribution is 7.90. The number of nitrogens with two attached hydrogens (primary N) is 1. The van der Waals surface area contributed by atoms with Crippen molar-refractivity contribution >= 4 is 21.6 Å². The van der Waals surface area contributed by atoms with Crippen molar-refractivity contribution in [3.05, 3.63) is 23.3 Å². The third-order valence-electron chi connectivity index (χ3n) is 2.54. The molecule has 4 N–H and O–H groups in total. The fourth-order valence-corrected chi connectivity index (χ4v) is 2.57. The van der Waals surface area contributed by atoms with Gasteiger partial charge in [0.15, 0.2) is 0 Å². The Hall–Kier alpha value is -1.27. The van der Waals surface area contributed by atoms with Crippen molar-refractivity contribution in [2.45, 2.75) is 27.7 Å². The van der Waals surface area contributed by atoms with Gasteiger partial charge >= 0.3 is 0 Å². The molecule has 1 rings (SSSR count). The average molecular weight is 271 g/mol. The highest BCUT2D eigenvalue weighted by Gasteiger charge is 2.12. The van der Waals surface area contributed by atoms with Gasteiger partial charge in [-0.05, 0) is 37.0 Å². The van der Waals surface area contributed by atoms with Crippen molar-refractivity contribution in [1.82, 2.24) is 4.72 Å². The minimum Gasteiger partial charge on any atom is -0.398 e. The summed E-state index contributed by atoms with van der Waals surface area (Å²) < 4.78 is 28.6. The summed E-state index contributed by atoms with van der Waals surface area (Å²) in [4.78, 5) is 0. The van der Waals surface area contributed by atoms with Gasteiger partial charge in [-0.2, -0.15) is 13.1 Å². The molecule has 6 heteroatoms. The van der Waals surface area contributed by atoms with E-state index in [9.17, 15) is 8.42 Å². The molecule has 1 aromatic carbocycles. The molecule has 0 radical (unpaired) electrons. The fourth-order valence-electron chi connectivity index (χ4n) is 1.44. The van der Waals surface area contributed by atoms with Gasteiger partial charge in [0.1, 0.15) is 0 Å². The van der Waals surface area contributed by atoms with Gasteiger partial charge in [0.05, 0.1) is 5.69 Å². The van der Waals surface area contributed by atoms with Crippen LogP contribution in [0.25, 0.3) is 0 Å². The molecule has 18 heavy (non-hydrogen) atoms. The summed E-state index contributed by atoms with van der Waals surface area (Å²) in [5.74, 6) is 0.255. The fraction of sp³-hybridized carbons (Fsp3) is 0.500. The number of aryl methyl sites for hydroxylation is 2. The Labute approximate surface area is 109 Å². The highest BCUT2D eigenvalue weighted by atomic mass is 32.2. The van der Waals surface area contributed by atoms with Gasteiger partial charge in [-0.1, -0.05) is 19.9 Å². The molecule has 0 aliphatic rings. The molecule has 0 aliphatic heterocycles. The van der Waals surface area contributed by atoms with Gasteiger partial charge in [0, 0.05) is 12.2 Å². The number of hydrogen-bond donors (Lipinski definition) is 3. The van der Waals surface area contributed by atoms with E-state index in [0.29, 0.717) is 17.9 Å². The molecule has 0 atom stereocenters. The largest absolute Gasteiger partial charge is 0.398 e. The van der Waals surface area contributed by atoms with Crippen molar-refractivity contribution in [3.63, 3.8) is 0 Å². The van der Waals surface area contributed by atoms with Gasteiger partial charge in [0.25, 0.3) is 10.2 Å². The van der Waals surface area contributed by atoms with E-state index in [4.69, 9.17) is 5.73 Å². The maximum Gasteiger partial charge on any atom is 0.299 e. The van der Waals surface area contributed by atoms with Crippen molar-refractivity contribution in [3.8, 4) is 0 Å². The lowest BCUT2D eigenvalue weighted by atomic mass is 10.1. The molecule has 0 saturated carbocycles. The lowest BCUT2D eigenvalue weighted by molar-refractivity contribution is 0.565. The van der Waals surface area contributed by atoms with Crippen molar-refractivity contribution in [2.24, 2.45) is 5.92 Å². The van der Waals surface area contributed by atoms with Crippen LogP contribution < -0.4 is 15.2 Å². The van der Waals surface area contributed by atoms with Crippen LogP contribution in [0.1, 0.15) is 25.0 Å². The summed E-state index contributed by atoms with van der Waals surface area (Å²) in [6.45, 7) is 8.01. The topological polar surface area (TPSA) is 84.2 Å². The first kappa shape index (κ1) is 14.8. The van der Waals surface area contributed by atoms with Crippen LogP contribution in [0.2, 0.25) is 0 Å². The van der Waals surface area contributed by atoms with Gasteiger partial charge in [-0.15, -0.1) is 0 Å². The Morgan fingerprint density at radius 1 is 1.22 bits per heavy atom. The zero-order valence-corrected chi connectivity index (χ0v) is 12.1. The Morgan fingerprint density at radius 2 is 1.83 bits per heavy atom. The average Bonchev–Trinajstić information content (AvgIpc) is 2.23. The van der Waals surface area contributed by atoms with E-state index in [0.717, 1.165) is 11.1 Å². The quantitative estimate of drug-likeness (QED) is 0.714. The maximum absolute atomic E-state index is 11.8. The monoisotopic (exact) mass is 271 g/mol. The zero-order chi connectivity index (χ0) is 13.9. The molecule has 0 aromatic heterocycles. The Bertz CT molecular complexity index is 524. The molecule has 1 aromatic rings. The van der Waals surface area contributed by atoms with E-state index in [2.05, 4.69) is 9.44 Å². The SMILES string of the molecule is Cc1cc(C)c(NS(=O)(=O)NCC(C)C)cc1N.